The number of amides is 3. The van der Waals surface area contributed by atoms with E-state index in [0.29, 0.717) is 38.9 Å². The second kappa shape index (κ2) is 8.17. The van der Waals surface area contributed by atoms with Gasteiger partial charge in [-0.2, -0.15) is 0 Å². The first-order valence-electron chi connectivity index (χ1n) is 9.12. The van der Waals surface area contributed by atoms with E-state index < -0.39 is 0 Å². The first-order valence-corrected chi connectivity index (χ1v) is 9.12. The number of piperidine rings is 1. The molecule has 2 saturated heterocycles. The van der Waals surface area contributed by atoms with Crippen LogP contribution in [0.2, 0.25) is 0 Å². The highest BCUT2D eigenvalue weighted by molar-refractivity contribution is 5.92. The molecule has 1 aromatic rings. The van der Waals surface area contributed by atoms with Gasteiger partial charge in [0, 0.05) is 38.7 Å². The molecule has 1 N–H and O–H groups in total. The summed E-state index contributed by atoms with van der Waals surface area (Å²) in [6.07, 6.45) is 5.33. The van der Waals surface area contributed by atoms with Crippen LogP contribution in [0.5, 0.6) is 0 Å². The van der Waals surface area contributed by atoms with E-state index in [1.54, 1.807) is 22.9 Å². The Labute approximate surface area is 153 Å². The fraction of sp³-hybridized carbons (Fsp3) is 0.450. The number of rotatable bonds is 4. The number of nitrogens with one attached hydrogen (secondary N) is 1. The average molecular weight is 355 g/mol. The molecule has 3 rings (SSSR count). The molecule has 0 aromatic heterocycles. The summed E-state index contributed by atoms with van der Waals surface area (Å²) in [5.74, 6) is -0.237. The Morgan fingerprint density at radius 3 is 2.38 bits per heavy atom. The van der Waals surface area contributed by atoms with Gasteiger partial charge in [0.1, 0.15) is 6.04 Å². The number of hydrogen-bond donors (Lipinski definition) is 1. The molecule has 6 heteroatoms. The van der Waals surface area contributed by atoms with Gasteiger partial charge in [-0.25, -0.2) is 0 Å². The SMILES string of the molecule is CN1CCC(NC(=O)C2CCN(C(=O)C=Cc3ccccc3)CC2)C1=O. The fourth-order valence-electron chi connectivity index (χ4n) is 3.45. The molecular weight excluding hydrogens is 330 g/mol. The molecule has 2 aliphatic rings. The third-order valence-corrected chi connectivity index (χ3v) is 5.14. The maximum Gasteiger partial charge on any atom is 0.246 e. The molecule has 26 heavy (non-hydrogen) atoms. The second-order valence-electron chi connectivity index (χ2n) is 6.95. The summed E-state index contributed by atoms with van der Waals surface area (Å²) in [5, 5.41) is 2.87. The van der Waals surface area contributed by atoms with Crippen LogP contribution in [0.4, 0.5) is 0 Å². The summed E-state index contributed by atoms with van der Waals surface area (Å²) in [5.41, 5.74) is 0.987. The van der Waals surface area contributed by atoms with Crippen molar-refractivity contribution in [3.63, 3.8) is 0 Å². The van der Waals surface area contributed by atoms with Gasteiger partial charge in [-0.05, 0) is 30.9 Å². The first kappa shape index (κ1) is 18.2. The minimum atomic E-state index is -0.388. The summed E-state index contributed by atoms with van der Waals surface area (Å²) >= 11 is 0. The van der Waals surface area contributed by atoms with Crippen LogP contribution in [-0.4, -0.2) is 60.2 Å². The third kappa shape index (κ3) is 4.31. The molecule has 2 aliphatic heterocycles. The standard InChI is InChI=1S/C20H25N3O3/c1-22-12-11-17(20(22)26)21-19(25)16-9-13-23(14-10-16)18(24)8-7-15-5-3-2-4-6-15/h2-8,16-17H,9-14H2,1H3,(H,21,25). The van der Waals surface area contributed by atoms with Crippen LogP contribution in [-0.2, 0) is 14.4 Å². The first-order chi connectivity index (χ1) is 12.5. The van der Waals surface area contributed by atoms with Crippen LogP contribution < -0.4 is 5.32 Å². The molecule has 0 saturated carbocycles. The van der Waals surface area contributed by atoms with Crippen molar-refractivity contribution in [3.05, 3.63) is 42.0 Å². The van der Waals surface area contributed by atoms with Crippen molar-refractivity contribution in [1.82, 2.24) is 15.1 Å². The van der Waals surface area contributed by atoms with Crippen molar-refractivity contribution in [2.24, 2.45) is 5.92 Å². The normalized spacial score (nSPS) is 21.4. The number of nitrogens with zero attached hydrogens (tertiary/aromatic N) is 2. The molecular formula is C20H25N3O3. The topological polar surface area (TPSA) is 69.7 Å². The average Bonchev–Trinajstić information content (AvgIpc) is 2.99. The Hall–Kier alpha value is -2.63. The lowest BCUT2D eigenvalue weighted by molar-refractivity contribution is -0.135. The maximum atomic E-state index is 12.4. The van der Waals surface area contributed by atoms with E-state index in [-0.39, 0.29) is 29.7 Å². The largest absolute Gasteiger partial charge is 0.344 e. The van der Waals surface area contributed by atoms with Gasteiger partial charge >= 0.3 is 0 Å². The van der Waals surface area contributed by atoms with E-state index >= 15 is 0 Å². The highest BCUT2D eigenvalue weighted by atomic mass is 16.2. The molecule has 1 aromatic carbocycles. The van der Waals surface area contributed by atoms with Crippen LogP contribution >= 0.6 is 0 Å². The minimum Gasteiger partial charge on any atom is -0.344 e. The molecule has 1 atom stereocenters. The van der Waals surface area contributed by atoms with Crippen molar-refractivity contribution in [2.75, 3.05) is 26.7 Å². The lowest BCUT2D eigenvalue weighted by atomic mass is 9.95. The Kier molecular flexibility index (Phi) is 5.71. The predicted octanol–water partition coefficient (Wildman–Crippen LogP) is 1.29. The summed E-state index contributed by atoms with van der Waals surface area (Å²) in [6.45, 7) is 1.81. The number of likely N-dealkylation sites (tertiary alicyclic amines) is 2. The van der Waals surface area contributed by atoms with Gasteiger partial charge in [0.15, 0.2) is 0 Å². The number of carbonyl (C=O) groups excluding carboxylic acids is 3. The van der Waals surface area contributed by atoms with Crippen molar-refractivity contribution in [2.45, 2.75) is 25.3 Å². The zero-order valence-corrected chi connectivity index (χ0v) is 15.1. The zero-order valence-electron chi connectivity index (χ0n) is 15.1. The molecule has 3 amide bonds. The molecule has 0 radical (unpaired) electrons. The van der Waals surface area contributed by atoms with E-state index in [0.717, 1.165) is 5.56 Å². The van der Waals surface area contributed by atoms with E-state index in [2.05, 4.69) is 5.32 Å². The van der Waals surface area contributed by atoms with Crippen LogP contribution in [0.3, 0.4) is 0 Å². The lowest BCUT2D eigenvalue weighted by Gasteiger charge is -2.31. The van der Waals surface area contributed by atoms with Gasteiger partial charge in [0.05, 0.1) is 0 Å². The van der Waals surface area contributed by atoms with E-state index in [9.17, 15) is 14.4 Å². The van der Waals surface area contributed by atoms with E-state index in [4.69, 9.17) is 0 Å². The van der Waals surface area contributed by atoms with Crippen molar-refractivity contribution < 1.29 is 14.4 Å². The Balaban J connectivity index is 1.46. The minimum absolute atomic E-state index is 0.0167. The Morgan fingerprint density at radius 2 is 1.77 bits per heavy atom. The number of benzene rings is 1. The quantitative estimate of drug-likeness (QED) is 0.828. The summed E-state index contributed by atoms with van der Waals surface area (Å²) < 4.78 is 0. The molecule has 2 heterocycles. The van der Waals surface area contributed by atoms with E-state index in [1.165, 1.54) is 0 Å². The molecule has 0 aliphatic carbocycles. The fourth-order valence-corrected chi connectivity index (χ4v) is 3.45. The second-order valence-corrected chi connectivity index (χ2v) is 6.95. The monoisotopic (exact) mass is 355 g/mol. The third-order valence-electron chi connectivity index (χ3n) is 5.14. The number of hydrogen-bond acceptors (Lipinski definition) is 3. The van der Waals surface area contributed by atoms with Crippen LogP contribution in [0.15, 0.2) is 36.4 Å². The molecule has 0 spiro atoms. The highest BCUT2D eigenvalue weighted by Gasteiger charge is 2.33. The Bertz CT molecular complexity index is 694. The molecule has 0 bridgehead atoms. The predicted molar refractivity (Wildman–Crippen MR) is 99.0 cm³/mol. The van der Waals surface area contributed by atoms with Crippen LogP contribution in [0.1, 0.15) is 24.8 Å². The summed E-state index contributed by atoms with van der Waals surface area (Å²) in [7, 11) is 1.75. The maximum absolute atomic E-state index is 12.4. The molecule has 2 fully saturated rings. The molecule has 138 valence electrons. The number of likely N-dealkylation sites (N-methyl/N-ethyl adjacent to an activating group) is 1. The van der Waals surface area contributed by atoms with Gasteiger partial charge in [-0.3, -0.25) is 14.4 Å². The molecule has 6 nitrogen and oxygen atoms in total. The van der Waals surface area contributed by atoms with Gasteiger partial charge in [0.2, 0.25) is 17.7 Å². The van der Waals surface area contributed by atoms with Crippen molar-refractivity contribution in [1.29, 1.82) is 0 Å². The zero-order chi connectivity index (χ0) is 18.5. The Morgan fingerprint density at radius 1 is 1.08 bits per heavy atom. The smallest absolute Gasteiger partial charge is 0.246 e. The number of carbonyl (C=O) groups is 3. The van der Waals surface area contributed by atoms with Gasteiger partial charge < -0.3 is 15.1 Å². The molecule has 1 unspecified atom stereocenters. The lowest BCUT2D eigenvalue weighted by Crippen LogP contribution is -2.47. The highest BCUT2D eigenvalue weighted by Crippen LogP contribution is 2.19. The van der Waals surface area contributed by atoms with Crippen LogP contribution in [0, 0.1) is 5.92 Å². The van der Waals surface area contributed by atoms with Gasteiger partial charge in [-0.15, -0.1) is 0 Å². The van der Waals surface area contributed by atoms with Gasteiger partial charge in [-0.1, -0.05) is 30.3 Å². The summed E-state index contributed by atoms with van der Waals surface area (Å²) in [4.78, 5) is 40.0. The van der Waals surface area contributed by atoms with Crippen LogP contribution in [0.25, 0.3) is 6.08 Å². The van der Waals surface area contributed by atoms with Crippen molar-refractivity contribution in [3.8, 4) is 0 Å². The summed E-state index contributed by atoms with van der Waals surface area (Å²) in [6, 6.07) is 9.31. The van der Waals surface area contributed by atoms with E-state index in [1.807, 2.05) is 36.4 Å². The van der Waals surface area contributed by atoms with Gasteiger partial charge in [0.25, 0.3) is 0 Å². The van der Waals surface area contributed by atoms with Crippen molar-refractivity contribution >= 4 is 23.8 Å².